The smallest absolute Gasteiger partial charge is 0.270 e. The van der Waals surface area contributed by atoms with Crippen LogP contribution in [0.25, 0.3) is 11.3 Å². The second-order valence-electron chi connectivity index (χ2n) is 5.29. The topological polar surface area (TPSA) is 127 Å². The van der Waals surface area contributed by atoms with Crippen molar-refractivity contribution in [1.29, 1.82) is 0 Å². The van der Waals surface area contributed by atoms with E-state index in [0.29, 0.717) is 22.6 Å². The lowest BCUT2D eigenvalue weighted by atomic mass is 10.1. The number of nitro benzene ring substituents is 1. The molecule has 0 fully saturated rings. The SMILES string of the molecule is NC(=NN=Cc1ccc(-c2cccc([N+](=O)[O-])c2)o1)c1ccc(O)cc1. The van der Waals surface area contributed by atoms with Crippen molar-refractivity contribution in [2.75, 3.05) is 0 Å². The van der Waals surface area contributed by atoms with Crippen LogP contribution in [-0.4, -0.2) is 22.1 Å². The number of amidine groups is 1. The second kappa shape index (κ2) is 7.31. The highest BCUT2D eigenvalue weighted by molar-refractivity contribution is 5.97. The summed E-state index contributed by atoms with van der Waals surface area (Å²) in [7, 11) is 0. The number of benzene rings is 2. The molecule has 3 N–H and O–H groups in total. The van der Waals surface area contributed by atoms with Crippen LogP contribution >= 0.6 is 0 Å². The van der Waals surface area contributed by atoms with Crippen LogP contribution in [0.4, 0.5) is 5.69 Å². The third-order valence-corrected chi connectivity index (χ3v) is 3.48. The number of nitro groups is 1. The lowest BCUT2D eigenvalue weighted by molar-refractivity contribution is -0.384. The van der Waals surface area contributed by atoms with Gasteiger partial charge in [0.2, 0.25) is 0 Å². The number of non-ortho nitro benzene ring substituents is 1. The third-order valence-electron chi connectivity index (χ3n) is 3.48. The van der Waals surface area contributed by atoms with E-state index >= 15 is 0 Å². The van der Waals surface area contributed by atoms with Crippen molar-refractivity contribution in [1.82, 2.24) is 0 Å². The van der Waals surface area contributed by atoms with Gasteiger partial charge in [0.25, 0.3) is 5.69 Å². The first-order valence-electron chi connectivity index (χ1n) is 7.53. The zero-order valence-electron chi connectivity index (χ0n) is 13.4. The van der Waals surface area contributed by atoms with Gasteiger partial charge in [0.1, 0.15) is 17.3 Å². The molecule has 130 valence electrons. The molecule has 0 aliphatic carbocycles. The van der Waals surface area contributed by atoms with Gasteiger partial charge in [-0.15, -0.1) is 5.10 Å². The minimum absolute atomic E-state index is 0.0135. The Kier molecular flexibility index (Phi) is 4.75. The standard InChI is InChI=1S/C18H14N4O4/c19-18(12-4-6-15(23)7-5-12)21-20-11-16-8-9-17(26-16)13-2-1-3-14(10-13)22(24)25/h1-11,23H,(H2,19,21). The molecular weight excluding hydrogens is 336 g/mol. The molecular formula is C18H14N4O4. The predicted molar refractivity (Wildman–Crippen MR) is 97.2 cm³/mol. The summed E-state index contributed by atoms with van der Waals surface area (Å²) < 4.78 is 5.59. The zero-order chi connectivity index (χ0) is 18.5. The quantitative estimate of drug-likeness (QED) is 0.316. The van der Waals surface area contributed by atoms with E-state index in [-0.39, 0.29) is 17.3 Å². The first-order chi connectivity index (χ1) is 12.5. The Bertz CT molecular complexity index is 990. The van der Waals surface area contributed by atoms with Crippen molar-refractivity contribution in [3.8, 4) is 17.1 Å². The number of hydrogen-bond donors (Lipinski definition) is 2. The van der Waals surface area contributed by atoms with Crippen LogP contribution in [0.5, 0.6) is 5.75 Å². The molecule has 0 saturated carbocycles. The zero-order valence-corrected chi connectivity index (χ0v) is 13.4. The van der Waals surface area contributed by atoms with Gasteiger partial charge in [-0.3, -0.25) is 10.1 Å². The number of phenols is 1. The Balaban J connectivity index is 1.75. The highest BCUT2D eigenvalue weighted by Gasteiger charge is 2.09. The van der Waals surface area contributed by atoms with Crippen molar-refractivity contribution < 1.29 is 14.4 Å². The Morgan fingerprint density at radius 2 is 1.92 bits per heavy atom. The molecule has 0 aliphatic rings. The molecule has 0 saturated heterocycles. The predicted octanol–water partition coefficient (Wildman–Crippen LogP) is 3.30. The van der Waals surface area contributed by atoms with Crippen LogP contribution in [-0.2, 0) is 0 Å². The van der Waals surface area contributed by atoms with E-state index < -0.39 is 4.92 Å². The lowest BCUT2D eigenvalue weighted by Gasteiger charge is -1.98. The molecule has 8 nitrogen and oxygen atoms in total. The minimum atomic E-state index is -0.463. The maximum absolute atomic E-state index is 10.8. The molecule has 0 amide bonds. The average molecular weight is 350 g/mol. The largest absolute Gasteiger partial charge is 0.508 e. The summed E-state index contributed by atoms with van der Waals surface area (Å²) in [5.41, 5.74) is 7.01. The maximum Gasteiger partial charge on any atom is 0.270 e. The van der Waals surface area contributed by atoms with Crippen molar-refractivity contribution in [3.63, 3.8) is 0 Å². The fraction of sp³-hybridized carbons (Fsp3) is 0. The summed E-state index contributed by atoms with van der Waals surface area (Å²) in [6, 6.07) is 15.8. The summed E-state index contributed by atoms with van der Waals surface area (Å²) in [4.78, 5) is 10.4. The Morgan fingerprint density at radius 3 is 2.65 bits per heavy atom. The number of nitrogens with zero attached hydrogens (tertiary/aromatic N) is 3. The number of phenolic OH excluding ortho intramolecular Hbond substituents is 1. The van der Waals surface area contributed by atoms with Gasteiger partial charge in [-0.25, -0.2) is 0 Å². The van der Waals surface area contributed by atoms with E-state index in [2.05, 4.69) is 10.2 Å². The summed E-state index contributed by atoms with van der Waals surface area (Å²) in [5.74, 6) is 1.22. The minimum Gasteiger partial charge on any atom is -0.508 e. The van der Waals surface area contributed by atoms with Gasteiger partial charge in [0, 0.05) is 23.3 Å². The number of nitrogens with two attached hydrogens (primary N) is 1. The molecule has 1 aromatic heterocycles. The lowest BCUT2D eigenvalue weighted by Crippen LogP contribution is -2.12. The number of furan rings is 1. The molecule has 2 aromatic carbocycles. The van der Waals surface area contributed by atoms with Crippen molar-refractivity contribution in [2.45, 2.75) is 0 Å². The van der Waals surface area contributed by atoms with Crippen molar-refractivity contribution in [2.24, 2.45) is 15.9 Å². The number of aromatic hydroxyl groups is 1. The summed E-state index contributed by atoms with van der Waals surface area (Å²) in [6.45, 7) is 0. The fourth-order valence-electron chi connectivity index (χ4n) is 2.19. The first kappa shape index (κ1) is 16.9. The van der Waals surface area contributed by atoms with Gasteiger partial charge in [0.05, 0.1) is 11.1 Å². The van der Waals surface area contributed by atoms with Crippen LogP contribution in [0.2, 0.25) is 0 Å². The Labute approximate surface area is 148 Å². The van der Waals surface area contributed by atoms with Gasteiger partial charge in [0.15, 0.2) is 5.84 Å². The molecule has 0 unspecified atom stereocenters. The monoisotopic (exact) mass is 350 g/mol. The molecule has 0 bridgehead atoms. The summed E-state index contributed by atoms with van der Waals surface area (Å²) in [6.07, 6.45) is 1.38. The van der Waals surface area contributed by atoms with Crippen LogP contribution in [0, 0.1) is 10.1 Å². The first-order valence-corrected chi connectivity index (χ1v) is 7.53. The fourth-order valence-corrected chi connectivity index (χ4v) is 2.19. The van der Waals surface area contributed by atoms with Gasteiger partial charge in [-0.1, -0.05) is 12.1 Å². The summed E-state index contributed by atoms with van der Waals surface area (Å²) >= 11 is 0. The Hall–Kier alpha value is -3.94. The highest BCUT2D eigenvalue weighted by Crippen LogP contribution is 2.25. The highest BCUT2D eigenvalue weighted by atomic mass is 16.6. The molecule has 3 rings (SSSR count). The molecule has 0 spiro atoms. The van der Waals surface area contributed by atoms with Crippen LogP contribution in [0.1, 0.15) is 11.3 Å². The van der Waals surface area contributed by atoms with Gasteiger partial charge >= 0.3 is 0 Å². The van der Waals surface area contributed by atoms with Crippen LogP contribution in [0.3, 0.4) is 0 Å². The number of hydrogen-bond acceptors (Lipinski definition) is 6. The third kappa shape index (κ3) is 3.93. The maximum atomic E-state index is 10.8. The molecule has 26 heavy (non-hydrogen) atoms. The molecule has 8 heteroatoms. The van der Waals surface area contributed by atoms with E-state index in [1.165, 1.54) is 30.5 Å². The van der Waals surface area contributed by atoms with E-state index in [1.54, 1.807) is 36.4 Å². The van der Waals surface area contributed by atoms with E-state index in [0.717, 1.165) is 0 Å². The average Bonchev–Trinajstić information content (AvgIpc) is 3.11. The molecule has 1 heterocycles. The molecule has 0 radical (unpaired) electrons. The van der Waals surface area contributed by atoms with Gasteiger partial charge in [-0.05, 0) is 36.4 Å². The molecule has 3 aromatic rings. The van der Waals surface area contributed by atoms with Crippen LogP contribution < -0.4 is 5.73 Å². The van der Waals surface area contributed by atoms with Crippen molar-refractivity contribution >= 4 is 17.7 Å². The van der Waals surface area contributed by atoms with Crippen molar-refractivity contribution in [3.05, 3.63) is 82.1 Å². The summed E-state index contributed by atoms with van der Waals surface area (Å²) in [5, 5.41) is 27.8. The second-order valence-corrected chi connectivity index (χ2v) is 5.29. The van der Waals surface area contributed by atoms with Crippen LogP contribution in [0.15, 0.2) is 75.3 Å². The molecule has 0 atom stereocenters. The normalized spacial score (nSPS) is 11.8. The molecule has 0 aliphatic heterocycles. The van der Waals surface area contributed by atoms with E-state index in [9.17, 15) is 15.2 Å². The van der Waals surface area contributed by atoms with Gasteiger partial charge in [-0.2, -0.15) is 5.10 Å². The van der Waals surface area contributed by atoms with Gasteiger partial charge < -0.3 is 15.3 Å². The van der Waals surface area contributed by atoms with E-state index in [1.807, 2.05) is 0 Å². The number of rotatable bonds is 5. The van der Waals surface area contributed by atoms with E-state index in [4.69, 9.17) is 10.2 Å². The Morgan fingerprint density at radius 1 is 1.15 bits per heavy atom.